The monoisotopic (exact) mass is 283 g/mol. The molecule has 0 aliphatic carbocycles. The van der Waals surface area contributed by atoms with E-state index in [4.69, 9.17) is 0 Å². The second-order valence-corrected chi connectivity index (χ2v) is 6.00. The van der Waals surface area contributed by atoms with Gasteiger partial charge in [0.25, 0.3) is 0 Å². The fourth-order valence-electron chi connectivity index (χ4n) is 2.95. The highest BCUT2D eigenvalue weighted by Gasteiger charge is 2.24. The topological polar surface area (TPSA) is 44.4 Å². The Balaban J connectivity index is 2.47. The van der Waals surface area contributed by atoms with Crippen molar-refractivity contribution < 1.29 is 4.79 Å². The molecule has 1 amide bonds. The molecule has 0 radical (unpaired) electrons. The first-order chi connectivity index (χ1) is 9.62. The lowest BCUT2D eigenvalue weighted by molar-refractivity contribution is -0.126. The van der Waals surface area contributed by atoms with Gasteiger partial charge in [0.1, 0.15) is 0 Å². The summed E-state index contributed by atoms with van der Waals surface area (Å²) in [6.07, 6.45) is 4.56. The van der Waals surface area contributed by atoms with Crippen molar-refractivity contribution in [2.75, 3.05) is 26.2 Å². The van der Waals surface area contributed by atoms with Crippen LogP contribution in [-0.4, -0.2) is 49.1 Å². The zero-order valence-corrected chi connectivity index (χ0v) is 13.7. The van der Waals surface area contributed by atoms with Crippen molar-refractivity contribution in [3.8, 4) is 0 Å². The average molecular weight is 283 g/mol. The van der Waals surface area contributed by atoms with E-state index in [0.717, 1.165) is 39.0 Å². The molecule has 1 aliphatic heterocycles. The van der Waals surface area contributed by atoms with Crippen LogP contribution in [0.15, 0.2) is 0 Å². The van der Waals surface area contributed by atoms with Gasteiger partial charge < -0.3 is 10.6 Å². The predicted molar refractivity (Wildman–Crippen MR) is 84.8 cm³/mol. The van der Waals surface area contributed by atoms with Crippen LogP contribution in [0, 0.1) is 5.92 Å². The number of carbonyl (C=O) groups is 1. The minimum absolute atomic E-state index is 0.0254. The third-order valence-electron chi connectivity index (χ3n) is 4.56. The molecule has 20 heavy (non-hydrogen) atoms. The van der Waals surface area contributed by atoms with Gasteiger partial charge >= 0.3 is 0 Å². The van der Waals surface area contributed by atoms with Crippen LogP contribution in [0.1, 0.15) is 53.4 Å². The minimum Gasteiger partial charge on any atom is -0.352 e. The molecule has 118 valence electrons. The van der Waals surface area contributed by atoms with Gasteiger partial charge in [0.05, 0.1) is 6.04 Å². The zero-order chi connectivity index (χ0) is 15.0. The molecule has 1 fully saturated rings. The van der Waals surface area contributed by atoms with Gasteiger partial charge in [-0.05, 0) is 58.2 Å². The van der Waals surface area contributed by atoms with E-state index in [9.17, 15) is 4.79 Å². The van der Waals surface area contributed by atoms with Crippen molar-refractivity contribution >= 4 is 5.91 Å². The van der Waals surface area contributed by atoms with E-state index in [-0.39, 0.29) is 11.9 Å². The summed E-state index contributed by atoms with van der Waals surface area (Å²) in [6, 6.07) is 0.294. The molecular formula is C16H33N3O. The second kappa shape index (κ2) is 9.35. The van der Waals surface area contributed by atoms with Gasteiger partial charge in [0.15, 0.2) is 0 Å². The van der Waals surface area contributed by atoms with Crippen LogP contribution < -0.4 is 10.6 Å². The molecule has 0 aromatic heterocycles. The molecule has 2 unspecified atom stereocenters. The summed E-state index contributed by atoms with van der Waals surface area (Å²) in [7, 11) is 0. The normalized spacial score (nSPS) is 21.2. The number of nitrogens with one attached hydrogen (secondary N) is 2. The van der Waals surface area contributed by atoms with Crippen molar-refractivity contribution in [2.24, 2.45) is 5.92 Å². The highest BCUT2D eigenvalue weighted by molar-refractivity contribution is 5.81. The molecule has 4 heteroatoms. The Bertz CT molecular complexity index is 273. The number of amides is 1. The maximum atomic E-state index is 12.3. The van der Waals surface area contributed by atoms with Gasteiger partial charge in [-0.2, -0.15) is 0 Å². The van der Waals surface area contributed by atoms with Crippen molar-refractivity contribution in [1.82, 2.24) is 15.5 Å². The molecule has 1 heterocycles. The molecule has 2 N–H and O–H groups in total. The van der Waals surface area contributed by atoms with E-state index in [1.807, 2.05) is 6.92 Å². The Labute approximate surface area is 124 Å². The maximum absolute atomic E-state index is 12.3. The molecule has 2 atom stereocenters. The van der Waals surface area contributed by atoms with E-state index < -0.39 is 0 Å². The van der Waals surface area contributed by atoms with Gasteiger partial charge in [-0.3, -0.25) is 9.69 Å². The van der Waals surface area contributed by atoms with Gasteiger partial charge in [0.2, 0.25) is 5.91 Å². The maximum Gasteiger partial charge on any atom is 0.237 e. The first-order valence-corrected chi connectivity index (χ1v) is 8.37. The van der Waals surface area contributed by atoms with E-state index in [1.54, 1.807) is 0 Å². The third kappa shape index (κ3) is 5.41. The van der Waals surface area contributed by atoms with Crippen molar-refractivity contribution in [3.05, 3.63) is 0 Å². The summed E-state index contributed by atoms with van der Waals surface area (Å²) >= 11 is 0. The fourth-order valence-corrected chi connectivity index (χ4v) is 2.95. The highest BCUT2D eigenvalue weighted by Crippen LogP contribution is 2.13. The summed E-state index contributed by atoms with van der Waals surface area (Å²) in [5, 5.41) is 6.63. The Morgan fingerprint density at radius 2 is 2.05 bits per heavy atom. The number of piperidine rings is 1. The van der Waals surface area contributed by atoms with Crippen LogP contribution in [0.3, 0.4) is 0 Å². The molecule has 1 saturated heterocycles. The predicted octanol–water partition coefficient (Wildman–Crippen LogP) is 2.00. The van der Waals surface area contributed by atoms with Crippen LogP contribution in [0.4, 0.5) is 0 Å². The molecule has 0 spiro atoms. The van der Waals surface area contributed by atoms with Crippen molar-refractivity contribution in [2.45, 2.75) is 65.5 Å². The van der Waals surface area contributed by atoms with Gasteiger partial charge in [-0.15, -0.1) is 0 Å². The molecule has 1 aliphatic rings. The summed E-state index contributed by atoms with van der Waals surface area (Å²) < 4.78 is 0. The first kappa shape index (κ1) is 17.4. The van der Waals surface area contributed by atoms with Crippen LogP contribution in [0.2, 0.25) is 0 Å². The van der Waals surface area contributed by atoms with Crippen LogP contribution in [-0.2, 0) is 4.79 Å². The number of likely N-dealkylation sites (N-methyl/N-ethyl adjacent to an activating group) is 1. The lowest BCUT2D eigenvalue weighted by Gasteiger charge is -2.33. The Morgan fingerprint density at radius 1 is 1.35 bits per heavy atom. The van der Waals surface area contributed by atoms with E-state index in [2.05, 4.69) is 36.3 Å². The summed E-state index contributed by atoms with van der Waals surface area (Å²) in [4.78, 5) is 14.7. The summed E-state index contributed by atoms with van der Waals surface area (Å²) in [6.45, 7) is 12.7. The Hall–Kier alpha value is -0.610. The van der Waals surface area contributed by atoms with Crippen LogP contribution in [0.25, 0.3) is 0 Å². The van der Waals surface area contributed by atoms with Crippen molar-refractivity contribution in [3.63, 3.8) is 0 Å². The average Bonchev–Trinajstić information content (AvgIpc) is 2.50. The number of hydrogen-bond acceptors (Lipinski definition) is 3. The number of rotatable bonds is 8. The van der Waals surface area contributed by atoms with Gasteiger partial charge in [0, 0.05) is 12.6 Å². The van der Waals surface area contributed by atoms with E-state index in [0.29, 0.717) is 12.0 Å². The summed E-state index contributed by atoms with van der Waals surface area (Å²) in [5.41, 5.74) is 0. The zero-order valence-electron chi connectivity index (χ0n) is 13.7. The van der Waals surface area contributed by atoms with Crippen LogP contribution >= 0.6 is 0 Å². The fraction of sp³-hybridized carbons (Fsp3) is 0.938. The molecular weight excluding hydrogens is 250 g/mol. The largest absolute Gasteiger partial charge is 0.352 e. The molecule has 0 bridgehead atoms. The Morgan fingerprint density at radius 3 is 2.55 bits per heavy atom. The minimum atomic E-state index is -0.0254. The highest BCUT2D eigenvalue weighted by atomic mass is 16.2. The van der Waals surface area contributed by atoms with E-state index >= 15 is 0 Å². The van der Waals surface area contributed by atoms with E-state index in [1.165, 1.54) is 12.8 Å². The number of hydrogen-bond donors (Lipinski definition) is 2. The molecule has 0 aromatic carbocycles. The first-order valence-electron chi connectivity index (χ1n) is 8.37. The molecule has 0 saturated carbocycles. The molecule has 1 rings (SSSR count). The van der Waals surface area contributed by atoms with Crippen molar-refractivity contribution in [1.29, 1.82) is 0 Å². The SMILES string of the molecule is CCC(CC)NC(=O)C(C)N(CC)CC1CCCNC1. The van der Waals surface area contributed by atoms with Gasteiger partial charge in [-0.1, -0.05) is 20.8 Å². The summed E-state index contributed by atoms with van der Waals surface area (Å²) in [5.74, 6) is 0.872. The molecule has 0 aromatic rings. The third-order valence-corrected chi connectivity index (χ3v) is 4.56. The smallest absolute Gasteiger partial charge is 0.237 e. The lowest BCUT2D eigenvalue weighted by atomic mass is 9.98. The lowest BCUT2D eigenvalue weighted by Crippen LogP contribution is -2.50. The van der Waals surface area contributed by atoms with Crippen LogP contribution in [0.5, 0.6) is 0 Å². The van der Waals surface area contributed by atoms with Gasteiger partial charge in [-0.25, -0.2) is 0 Å². The second-order valence-electron chi connectivity index (χ2n) is 6.00. The number of nitrogens with zero attached hydrogens (tertiary/aromatic N) is 1. The standard InChI is InChI=1S/C16H33N3O/c1-5-15(6-2)18-16(20)13(4)19(7-3)12-14-9-8-10-17-11-14/h13-15,17H,5-12H2,1-4H3,(H,18,20). The number of carbonyl (C=O) groups excluding carboxylic acids is 1. The quantitative estimate of drug-likeness (QED) is 0.716. The Kier molecular flexibility index (Phi) is 8.15. The molecule has 4 nitrogen and oxygen atoms in total.